The third-order valence-electron chi connectivity index (χ3n) is 4.28. The molecule has 2 aromatic heterocycles. The summed E-state index contributed by atoms with van der Waals surface area (Å²) in [7, 11) is 1.98. The topological polar surface area (TPSA) is 73.3 Å². The smallest absolute Gasteiger partial charge is 0.184 e. The van der Waals surface area contributed by atoms with E-state index < -0.39 is 0 Å². The zero-order chi connectivity index (χ0) is 16.0. The molecule has 0 radical (unpaired) electrons. The average Bonchev–Trinajstić information content (AvgIpc) is 2.92. The van der Waals surface area contributed by atoms with Gasteiger partial charge in [0.25, 0.3) is 0 Å². The molecule has 1 aliphatic heterocycles. The van der Waals surface area contributed by atoms with Crippen LogP contribution in [0.1, 0.15) is 15.9 Å². The van der Waals surface area contributed by atoms with Gasteiger partial charge in [0.1, 0.15) is 12.2 Å². The molecule has 1 aliphatic rings. The number of hydrogen-bond acceptors (Lipinski definition) is 4. The lowest BCUT2D eigenvalue weighted by Gasteiger charge is -2.16. The first-order valence-electron chi connectivity index (χ1n) is 7.50. The summed E-state index contributed by atoms with van der Waals surface area (Å²) >= 11 is 0. The quantitative estimate of drug-likeness (QED) is 0.788. The van der Waals surface area contributed by atoms with Gasteiger partial charge in [-0.3, -0.25) is 9.79 Å². The monoisotopic (exact) mass is 304 g/mol. The molecule has 0 aliphatic carbocycles. The molecule has 114 valence electrons. The number of aromatic nitrogens is 2. The van der Waals surface area contributed by atoms with E-state index in [0.717, 1.165) is 33.4 Å². The fourth-order valence-corrected chi connectivity index (χ4v) is 3.15. The number of Topliss-reactive ketones (excluding diaryl/α,β-unsaturated/α-hetero) is 1. The van der Waals surface area contributed by atoms with Crippen molar-refractivity contribution in [2.24, 2.45) is 17.8 Å². The summed E-state index contributed by atoms with van der Waals surface area (Å²) in [5.41, 5.74) is 11.2. The van der Waals surface area contributed by atoms with Crippen molar-refractivity contribution in [2.75, 3.05) is 13.1 Å². The number of fused-ring (bicyclic) bond motifs is 2. The van der Waals surface area contributed by atoms with E-state index >= 15 is 0 Å². The average molecular weight is 304 g/mol. The van der Waals surface area contributed by atoms with Crippen molar-refractivity contribution < 1.29 is 4.79 Å². The van der Waals surface area contributed by atoms with Crippen molar-refractivity contribution in [1.82, 2.24) is 9.55 Å². The first kappa shape index (κ1) is 13.8. The van der Waals surface area contributed by atoms with Crippen LogP contribution in [-0.2, 0) is 7.05 Å². The molecule has 3 aromatic rings. The van der Waals surface area contributed by atoms with Crippen molar-refractivity contribution in [3.8, 4) is 11.1 Å². The summed E-state index contributed by atoms with van der Waals surface area (Å²) in [5.74, 6) is 0.0448. The van der Waals surface area contributed by atoms with E-state index in [1.54, 1.807) is 6.20 Å². The lowest BCUT2D eigenvalue weighted by atomic mass is 9.92. The van der Waals surface area contributed by atoms with Gasteiger partial charge in [-0.25, -0.2) is 4.98 Å². The van der Waals surface area contributed by atoms with Crippen LogP contribution in [0, 0.1) is 0 Å². The summed E-state index contributed by atoms with van der Waals surface area (Å²) in [6.07, 6.45) is 3.85. The van der Waals surface area contributed by atoms with E-state index in [2.05, 4.69) is 22.2 Å². The Morgan fingerprint density at radius 1 is 1.22 bits per heavy atom. The first-order chi connectivity index (χ1) is 11.2. The van der Waals surface area contributed by atoms with Gasteiger partial charge >= 0.3 is 0 Å². The molecular formula is C18H16N4O. The second kappa shape index (κ2) is 5.14. The van der Waals surface area contributed by atoms with E-state index in [-0.39, 0.29) is 12.3 Å². The van der Waals surface area contributed by atoms with Crippen LogP contribution in [0.4, 0.5) is 0 Å². The number of nitrogens with zero attached hydrogens (tertiary/aromatic N) is 3. The largest absolute Gasteiger partial charge is 0.335 e. The van der Waals surface area contributed by atoms with Crippen LogP contribution in [0.25, 0.3) is 22.2 Å². The van der Waals surface area contributed by atoms with Crippen molar-refractivity contribution >= 4 is 22.5 Å². The molecule has 0 saturated heterocycles. The predicted octanol–water partition coefficient (Wildman–Crippen LogP) is 2.18. The van der Waals surface area contributed by atoms with E-state index in [1.807, 2.05) is 35.9 Å². The minimum absolute atomic E-state index is 0.0448. The molecule has 23 heavy (non-hydrogen) atoms. The molecule has 0 atom stereocenters. The summed E-state index contributed by atoms with van der Waals surface area (Å²) in [5, 5.41) is 1.09. The van der Waals surface area contributed by atoms with Crippen molar-refractivity contribution in [2.45, 2.75) is 0 Å². The molecule has 4 rings (SSSR count). The Morgan fingerprint density at radius 2 is 2.09 bits per heavy atom. The Labute approximate surface area is 133 Å². The molecule has 2 N–H and O–H groups in total. The molecular weight excluding hydrogens is 288 g/mol. The molecule has 5 nitrogen and oxygen atoms in total. The molecule has 0 bridgehead atoms. The van der Waals surface area contributed by atoms with E-state index in [1.165, 1.54) is 0 Å². The number of ketones is 1. The number of carbonyl (C=O) groups excluding carboxylic acids is 1. The molecule has 5 heteroatoms. The van der Waals surface area contributed by atoms with Crippen LogP contribution in [0.15, 0.2) is 47.7 Å². The van der Waals surface area contributed by atoms with Crippen LogP contribution in [0.3, 0.4) is 0 Å². The summed E-state index contributed by atoms with van der Waals surface area (Å²) in [4.78, 5) is 20.8. The molecule has 1 aromatic carbocycles. The molecule has 3 heterocycles. The van der Waals surface area contributed by atoms with E-state index in [0.29, 0.717) is 12.1 Å². The first-order valence-corrected chi connectivity index (χ1v) is 7.50. The van der Waals surface area contributed by atoms with Crippen LogP contribution in [-0.4, -0.2) is 34.1 Å². The molecule has 0 amide bonds. The Morgan fingerprint density at radius 3 is 2.91 bits per heavy atom. The highest BCUT2D eigenvalue weighted by molar-refractivity contribution is 6.16. The Bertz CT molecular complexity index is 968. The van der Waals surface area contributed by atoms with Crippen molar-refractivity contribution in [3.05, 3.63) is 53.9 Å². The Kier molecular flexibility index (Phi) is 3.09. The van der Waals surface area contributed by atoms with E-state index in [4.69, 9.17) is 5.73 Å². The third kappa shape index (κ3) is 2.09. The maximum absolute atomic E-state index is 12.0. The zero-order valence-corrected chi connectivity index (χ0v) is 12.8. The standard InChI is InChI=1S/C18H16N4O/c1-22-10-15(13-3-2-6-20-18(13)22)11-4-5-12-14(7-11)16(8-19)21-9-17(12)23/h2-7,10H,8-9,19H2,1H3. The van der Waals surface area contributed by atoms with Crippen LogP contribution in [0.5, 0.6) is 0 Å². The van der Waals surface area contributed by atoms with Crippen molar-refractivity contribution in [3.63, 3.8) is 0 Å². The highest BCUT2D eigenvalue weighted by Crippen LogP contribution is 2.31. The minimum Gasteiger partial charge on any atom is -0.335 e. The second-order valence-corrected chi connectivity index (χ2v) is 5.68. The number of benzene rings is 1. The number of hydrogen-bond donors (Lipinski definition) is 1. The van der Waals surface area contributed by atoms with Gasteiger partial charge in [-0.15, -0.1) is 0 Å². The van der Waals surface area contributed by atoms with Gasteiger partial charge in [-0.05, 0) is 23.8 Å². The SMILES string of the molecule is Cn1cc(-c2ccc3c(c2)C(CN)=NCC3=O)c2cccnc21. The number of rotatable bonds is 2. The number of carbonyl (C=O) groups is 1. The normalized spacial score (nSPS) is 14.0. The maximum atomic E-state index is 12.0. The van der Waals surface area contributed by atoms with Gasteiger partial charge in [0.15, 0.2) is 5.78 Å². The third-order valence-corrected chi connectivity index (χ3v) is 4.28. The highest BCUT2D eigenvalue weighted by atomic mass is 16.1. The van der Waals surface area contributed by atoms with Gasteiger partial charge in [0.05, 0.1) is 5.71 Å². The second-order valence-electron chi connectivity index (χ2n) is 5.68. The molecule has 0 unspecified atom stereocenters. The fourth-order valence-electron chi connectivity index (χ4n) is 3.15. The number of nitrogens with two attached hydrogens (primary N) is 1. The van der Waals surface area contributed by atoms with Crippen LogP contribution >= 0.6 is 0 Å². The van der Waals surface area contributed by atoms with Gasteiger partial charge in [0, 0.05) is 48.1 Å². The Hall–Kier alpha value is -2.79. The number of pyridine rings is 1. The lowest BCUT2D eigenvalue weighted by Crippen LogP contribution is -2.24. The summed E-state index contributed by atoms with van der Waals surface area (Å²) in [6.45, 7) is 0.526. The van der Waals surface area contributed by atoms with Crippen LogP contribution in [0.2, 0.25) is 0 Å². The maximum Gasteiger partial charge on any atom is 0.184 e. The fraction of sp³-hybridized carbons (Fsp3) is 0.167. The predicted molar refractivity (Wildman–Crippen MR) is 90.9 cm³/mol. The van der Waals surface area contributed by atoms with E-state index in [9.17, 15) is 4.79 Å². The van der Waals surface area contributed by atoms with Crippen molar-refractivity contribution in [1.29, 1.82) is 0 Å². The number of aryl methyl sites for hydroxylation is 1. The molecule has 0 fully saturated rings. The summed E-state index contributed by atoms with van der Waals surface area (Å²) < 4.78 is 2.01. The highest BCUT2D eigenvalue weighted by Gasteiger charge is 2.21. The summed E-state index contributed by atoms with van der Waals surface area (Å²) in [6, 6.07) is 9.87. The zero-order valence-electron chi connectivity index (χ0n) is 12.8. The minimum atomic E-state index is 0.0448. The van der Waals surface area contributed by atoms with Crippen LogP contribution < -0.4 is 5.73 Å². The van der Waals surface area contributed by atoms with Gasteiger partial charge in [0.2, 0.25) is 0 Å². The number of aliphatic imine (C=N–C) groups is 1. The molecule has 0 spiro atoms. The van der Waals surface area contributed by atoms with Gasteiger partial charge < -0.3 is 10.3 Å². The van der Waals surface area contributed by atoms with Gasteiger partial charge in [-0.2, -0.15) is 0 Å². The van der Waals surface area contributed by atoms with Gasteiger partial charge in [-0.1, -0.05) is 12.1 Å². The molecule has 0 saturated carbocycles. The Balaban J connectivity index is 1.94. The lowest BCUT2D eigenvalue weighted by molar-refractivity contribution is 0.1000.